The molecule has 15 heavy (non-hydrogen) atoms. The molecule has 3 heteroatoms. The molecule has 1 aliphatic carbocycles. The Hall–Kier alpha value is -0.120. The lowest BCUT2D eigenvalue weighted by Gasteiger charge is -2.36. The molecule has 3 nitrogen and oxygen atoms in total. The highest BCUT2D eigenvalue weighted by molar-refractivity contribution is 4.86. The summed E-state index contributed by atoms with van der Waals surface area (Å²) in [5.41, 5.74) is 0. The summed E-state index contributed by atoms with van der Waals surface area (Å²) in [6.45, 7) is 10.7. The van der Waals surface area contributed by atoms with Crippen LogP contribution in [0.25, 0.3) is 0 Å². The second-order valence-corrected chi connectivity index (χ2v) is 4.57. The second-order valence-electron chi connectivity index (χ2n) is 4.57. The van der Waals surface area contributed by atoms with Gasteiger partial charge in [0, 0.05) is 12.6 Å². The summed E-state index contributed by atoms with van der Waals surface area (Å²) in [6, 6.07) is 0.700. The molecule has 0 amide bonds. The Morgan fingerprint density at radius 3 is 2.60 bits per heavy atom. The maximum atomic E-state index is 5.53. The molecule has 0 radical (unpaired) electrons. The first-order valence-electron chi connectivity index (χ1n) is 6.31. The molecule has 0 heterocycles. The van der Waals surface area contributed by atoms with Gasteiger partial charge in [-0.25, -0.2) is 0 Å². The third-order valence-corrected chi connectivity index (χ3v) is 2.99. The Morgan fingerprint density at radius 2 is 2.00 bits per heavy atom. The van der Waals surface area contributed by atoms with Gasteiger partial charge in [-0.1, -0.05) is 13.8 Å². The normalized spacial score (nSPS) is 27.4. The van der Waals surface area contributed by atoms with E-state index in [0.717, 1.165) is 32.2 Å². The Morgan fingerprint density at radius 1 is 1.27 bits per heavy atom. The Balaban J connectivity index is 1.93. The van der Waals surface area contributed by atoms with E-state index in [2.05, 4.69) is 31.4 Å². The molecule has 1 saturated carbocycles. The van der Waals surface area contributed by atoms with Crippen LogP contribution in [0, 0.1) is 5.92 Å². The highest BCUT2D eigenvalue weighted by Crippen LogP contribution is 2.23. The molecular formula is C12H26N2O. The van der Waals surface area contributed by atoms with Crippen LogP contribution in [0.4, 0.5) is 0 Å². The molecule has 90 valence electrons. The number of nitrogens with one attached hydrogen (secondary N) is 2. The van der Waals surface area contributed by atoms with Crippen molar-refractivity contribution in [3.05, 3.63) is 0 Å². The predicted molar refractivity (Wildman–Crippen MR) is 64.1 cm³/mol. The molecule has 1 fully saturated rings. The average molecular weight is 214 g/mol. The first kappa shape index (κ1) is 12.9. The van der Waals surface area contributed by atoms with E-state index in [9.17, 15) is 0 Å². The standard InChI is InChI=1S/C12H26N2O/c1-4-13-8-10(3)9-14-11-6-12(7-11)15-5-2/h10-14H,4-9H2,1-3H3. The van der Waals surface area contributed by atoms with Crippen LogP contribution in [0.1, 0.15) is 33.6 Å². The molecule has 1 rings (SSSR count). The maximum absolute atomic E-state index is 5.53. The smallest absolute Gasteiger partial charge is 0.0604 e. The number of rotatable bonds is 8. The van der Waals surface area contributed by atoms with E-state index >= 15 is 0 Å². The minimum absolute atomic E-state index is 0.525. The van der Waals surface area contributed by atoms with Gasteiger partial charge in [-0.15, -0.1) is 0 Å². The highest BCUT2D eigenvalue weighted by Gasteiger charge is 2.28. The molecule has 0 aromatic heterocycles. The van der Waals surface area contributed by atoms with Crippen LogP contribution < -0.4 is 10.6 Å². The van der Waals surface area contributed by atoms with Crippen molar-refractivity contribution in [2.45, 2.75) is 45.8 Å². The van der Waals surface area contributed by atoms with E-state index in [0.29, 0.717) is 12.1 Å². The molecule has 0 aromatic rings. The molecule has 0 aliphatic heterocycles. The van der Waals surface area contributed by atoms with E-state index < -0.39 is 0 Å². The van der Waals surface area contributed by atoms with E-state index in [4.69, 9.17) is 4.74 Å². The zero-order valence-corrected chi connectivity index (χ0v) is 10.4. The summed E-state index contributed by atoms with van der Waals surface area (Å²) in [5.74, 6) is 0.719. The molecular weight excluding hydrogens is 188 g/mol. The van der Waals surface area contributed by atoms with Crippen molar-refractivity contribution in [1.29, 1.82) is 0 Å². The first-order valence-corrected chi connectivity index (χ1v) is 6.31. The van der Waals surface area contributed by atoms with Gasteiger partial charge in [0.2, 0.25) is 0 Å². The fourth-order valence-corrected chi connectivity index (χ4v) is 1.93. The molecule has 0 bridgehead atoms. The fourth-order valence-electron chi connectivity index (χ4n) is 1.93. The third kappa shape index (κ3) is 4.96. The van der Waals surface area contributed by atoms with Gasteiger partial charge >= 0.3 is 0 Å². The summed E-state index contributed by atoms with van der Waals surface area (Å²) >= 11 is 0. The minimum Gasteiger partial charge on any atom is -0.378 e. The fraction of sp³-hybridized carbons (Fsp3) is 1.00. The largest absolute Gasteiger partial charge is 0.378 e. The van der Waals surface area contributed by atoms with Crippen LogP contribution in [0.15, 0.2) is 0 Å². The molecule has 1 unspecified atom stereocenters. The Kier molecular flexibility index (Phi) is 6.22. The molecule has 2 N–H and O–H groups in total. The van der Waals surface area contributed by atoms with Crippen LogP contribution in [-0.2, 0) is 4.74 Å². The van der Waals surface area contributed by atoms with Crippen molar-refractivity contribution >= 4 is 0 Å². The van der Waals surface area contributed by atoms with Crippen molar-refractivity contribution < 1.29 is 4.74 Å². The lowest BCUT2D eigenvalue weighted by molar-refractivity contribution is -0.0104. The quantitative estimate of drug-likeness (QED) is 0.640. The Bertz CT molecular complexity index is 158. The second kappa shape index (κ2) is 7.20. The van der Waals surface area contributed by atoms with Gasteiger partial charge in [-0.3, -0.25) is 0 Å². The summed E-state index contributed by atoms with van der Waals surface area (Å²) in [7, 11) is 0. The molecule has 1 aliphatic rings. The van der Waals surface area contributed by atoms with Crippen molar-refractivity contribution in [1.82, 2.24) is 10.6 Å². The molecule has 0 aromatic carbocycles. The molecule has 1 atom stereocenters. The van der Waals surface area contributed by atoms with Gasteiger partial charge < -0.3 is 15.4 Å². The van der Waals surface area contributed by atoms with Gasteiger partial charge in [0.15, 0.2) is 0 Å². The predicted octanol–water partition coefficient (Wildman–Crippen LogP) is 1.39. The lowest BCUT2D eigenvalue weighted by atomic mass is 9.89. The zero-order valence-electron chi connectivity index (χ0n) is 10.4. The monoisotopic (exact) mass is 214 g/mol. The van der Waals surface area contributed by atoms with Crippen LogP contribution in [0.3, 0.4) is 0 Å². The van der Waals surface area contributed by atoms with E-state index in [-0.39, 0.29) is 0 Å². The Labute approximate surface area is 94.0 Å². The van der Waals surface area contributed by atoms with Crippen molar-refractivity contribution in [2.24, 2.45) is 5.92 Å². The van der Waals surface area contributed by atoms with Crippen LogP contribution in [0.5, 0.6) is 0 Å². The van der Waals surface area contributed by atoms with Crippen molar-refractivity contribution in [2.75, 3.05) is 26.2 Å². The molecule has 0 spiro atoms. The summed E-state index contributed by atoms with van der Waals surface area (Å²) in [4.78, 5) is 0. The van der Waals surface area contributed by atoms with Crippen LogP contribution in [0.2, 0.25) is 0 Å². The summed E-state index contributed by atoms with van der Waals surface area (Å²) in [6.07, 6.45) is 2.92. The summed E-state index contributed by atoms with van der Waals surface area (Å²) in [5, 5.41) is 6.97. The van der Waals surface area contributed by atoms with Crippen molar-refractivity contribution in [3.8, 4) is 0 Å². The number of hydrogen-bond acceptors (Lipinski definition) is 3. The topological polar surface area (TPSA) is 33.3 Å². The SMILES string of the molecule is CCNCC(C)CNC1CC(OCC)C1. The minimum atomic E-state index is 0.525. The number of hydrogen-bond donors (Lipinski definition) is 2. The first-order chi connectivity index (χ1) is 7.26. The number of ether oxygens (including phenoxy) is 1. The highest BCUT2D eigenvalue weighted by atomic mass is 16.5. The van der Waals surface area contributed by atoms with Gasteiger partial charge in [0.25, 0.3) is 0 Å². The van der Waals surface area contributed by atoms with Crippen LogP contribution >= 0.6 is 0 Å². The van der Waals surface area contributed by atoms with Gasteiger partial charge in [0.1, 0.15) is 0 Å². The zero-order chi connectivity index (χ0) is 11.1. The van der Waals surface area contributed by atoms with Gasteiger partial charge in [-0.05, 0) is 45.3 Å². The lowest BCUT2D eigenvalue weighted by Crippen LogP contribution is -2.47. The van der Waals surface area contributed by atoms with Gasteiger partial charge in [-0.2, -0.15) is 0 Å². The van der Waals surface area contributed by atoms with Crippen LogP contribution in [-0.4, -0.2) is 38.4 Å². The maximum Gasteiger partial charge on any atom is 0.0604 e. The third-order valence-electron chi connectivity index (χ3n) is 2.99. The van der Waals surface area contributed by atoms with Gasteiger partial charge in [0.05, 0.1) is 6.10 Å². The average Bonchev–Trinajstić information content (AvgIpc) is 2.18. The summed E-state index contributed by atoms with van der Waals surface area (Å²) < 4.78 is 5.53. The van der Waals surface area contributed by atoms with Crippen molar-refractivity contribution in [3.63, 3.8) is 0 Å². The van der Waals surface area contributed by atoms with E-state index in [1.807, 2.05) is 0 Å². The van der Waals surface area contributed by atoms with E-state index in [1.54, 1.807) is 0 Å². The molecule has 0 saturated heterocycles. The van der Waals surface area contributed by atoms with E-state index in [1.165, 1.54) is 12.8 Å².